The topological polar surface area (TPSA) is 41.1 Å². The van der Waals surface area contributed by atoms with Gasteiger partial charge in [-0.3, -0.25) is 4.79 Å². The highest BCUT2D eigenvalue weighted by molar-refractivity contribution is 5.94. The zero-order chi connectivity index (χ0) is 14.4. The summed E-state index contributed by atoms with van der Waals surface area (Å²) in [5, 5.41) is 6.45. The summed E-state index contributed by atoms with van der Waals surface area (Å²) in [5.74, 6) is 0.875. The first-order valence-electron chi connectivity index (χ1n) is 7.81. The van der Waals surface area contributed by atoms with E-state index in [2.05, 4.69) is 17.6 Å². The lowest BCUT2D eigenvalue weighted by Crippen LogP contribution is -2.45. The fraction of sp³-hybridized carbons (Fsp3) is 0.588. The molecule has 1 aliphatic rings. The highest BCUT2D eigenvalue weighted by Gasteiger charge is 2.23. The first kappa shape index (κ1) is 15.0. The Morgan fingerprint density at radius 1 is 1.30 bits per heavy atom. The van der Waals surface area contributed by atoms with Gasteiger partial charge in [-0.15, -0.1) is 0 Å². The molecule has 0 aromatic heterocycles. The van der Waals surface area contributed by atoms with Crippen LogP contribution in [0.2, 0.25) is 0 Å². The second kappa shape index (κ2) is 7.44. The van der Waals surface area contributed by atoms with Crippen LogP contribution < -0.4 is 10.6 Å². The molecule has 0 aliphatic heterocycles. The average Bonchev–Trinajstić information content (AvgIpc) is 2.48. The fourth-order valence-corrected chi connectivity index (χ4v) is 3.01. The highest BCUT2D eigenvalue weighted by Crippen LogP contribution is 2.26. The van der Waals surface area contributed by atoms with Crippen molar-refractivity contribution in [1.29, 1.82) is 0 Å². The van der Waals surface area contributed by atoms with E-state index < -0.39 is 0 Å². The third-order valence-corrected chi connectivity index (χ3v) is 4.28. The molecule has 20 heavy (non-hydrogen) atoms. The van der Waals surface area contributed by atoms with Crippen LogP contribution in [0.4, 0.5) is 5.69 Å². The van der Waals surface area contributed by atoms with Crippen molar-refractivity contribution in [2.75, 3.05) is 5.32 Å². The number of para-hydroxylation sites is 1. The smallest absolute Gasteiger partial charge is 0.241 e. The number of hydrogen-bond donors (Lipinski definition) is 2. The molecule has 1 aliphatic carbocycles. The van der Waals surface area contributed by atoms with Gasteiger partial charge in [0.15, 0.2) is 0 Å². The largest absolute Gasteiger partial charge is 0.325 e. The van der Waals surface area contributed by atoms with Gasteiger partial charge in [-0.25, -0.2) is 0 Å². The molecule has 0 spiro atoms. The van der Waals surface area contributed by atoms with Crippen LogP contribution in [0.25, 0.3) is 0 Å². The third kappa shape index (κ3) is 4.34. The van der Waals surface area contributed by atoms with Crippen molar-refractivity contribution in [3.05, 3.63) is 30.3 Å². The van der Waals surface area contributed by atoms with Crippen LogP contribution in [-0.2, 0) is 4.79 Å². The molecular formula is C17H26N2O. The predicted molar refractivity (Wildman–Crippen MR) is 83.7 cm³/mol. The van der Waals surface area contributed by atoms with Crippen LogP contribution in [0.15, 0.2) is 30.3 Å². The van der Waals surface area contributed by atoms with Crippen LogP contribution in [0, 0.1) is 5.92 Å². The molecule has 3 atom stereocenters. The highest BCUT2D eigenvalue weighted by atomic mass is 16.2. The minimum absolute atomic E-state index is 0.0508. The summed E-state index contributed by atoms with van der Waals surface area (Å²) in [6, 6.07) is 9.99. The van der Waals surface area contributed by atoms with E-state index >= 15 is 0 Å². The number of amides is 1. The Labute approximate surface area is 122 Å². The number of benzene rings is 1. The second-order valence-electron chi connectivity index (χ2n) is 5.88. The lowest BCUT2D eigenvalue weighted by Gasteiger charge is -2.31. The number of nitrogens with one attached hydrogen (secondary N) is 2. The van der Waals surface area contributed by atoms with E-state index in [4.69, 9.17) is 0 Å². The minimum Gasteiger partial charge on any atom is -0.325 e. The Morgan fingerprint density at radius 2 is 2.05 bits per heavy atom. The maximum Gasteiger partial charge on any atom is 0.241 e. The zero-order valence-corrected chi connectivity index (χ0v) is 12.6. The van der Waals surface area contributed by atoms with Gasteiger partial charge in [0.2, 0.25) is 5.91 Å². The van der Waals surface area contributed by atoms with Crippen LogP contribution >= 0.6 is 0 Å². The molecule has 1 fully saturated rings. The molecule has 0 bridgehead atoms. The summed E-state index contributed by atoms with van der Waals surface area (Å²) >= 11 is 0. The van der Waals surface area contributed by atoms with Crippen LogP contribution in [0.5, 0.6) is 0 Å². The Morgan fingerprint density at radius 3 is 2.75 bits per heavy atom. The van der Waals surface area contributed by atoms with Crippen molar-refractivity contribution in [3.8, 4) is 0 Å². The number of anilines is 1. The molecule has 110 valence electrons. The Hall–Kier alpha value is -1.35. The van der Waals surface area contributed by atoms with E-state index in [1.807, 2.05) is 37.3 Å². The summed E-state index contributed by atoms with van der Waals surface area (Å²) < 4.78 is 0. The maximum absolute atomic E-state index is 12.2. The maximum atomic E-state index is 12.2. The van der Waals surface area contributed by atoms with E-state index in [1.54, 1.807) is 0 Å². The van der Waals surface area contributed by atoms with Crippen LogP contribution in [-0.4, -0.2) is 18.0 Å². The first-order valence-corrected chi connectivity index (χ1v) is 7.81. The first-order chi connectivity index (χ1) is 9.69. The lowest BCUT2D eigenvalue weighted by molar-refractivity contribution is -0.118. The van der Waals surface area contributed by atoms with E-state index in [-0.39, 0.29) is 11.9 Å². The number of hydrogen-bond acceptors (Lipinski definition) is 2. The minimum atomic E-state index is -0.143. The van der Waals surface area contributed by atoms with E-state index in [1.165, 1.54) is 32.1 Å². The van der Waals surface area contributed by atoms with Crippen molar-refractivity contribution in [3.63, 3.8) is 0 Å². The second-order valence-corrected chi connectivity index (χ2v) is 5.88. The van der Waals surface area contributed by atoms with Gasteiger partial charge < -0.3 is 10.6 Å². The van der Waals surface area contributed by atoms with Crippen molar-refractivity contribution in [2.24, 2.45) is 5.92 Å². The van der Waals surface area contributed by atoms with Gasteiger partial charge in [0.05, 0.1) is 6.04 Å². The van der Waals surface area contributed by atoms with Gasteiger partial charge in [0.1, 0.15) is 0 Å². The summed E-state index contributed by atoms with van der Waals surface area (Å²) in [5.41, 5.74) is 0.862. The third-order valence-electron chi connectivity index (χ3n) is 4.28. The van der Waals surface area contributed by atoms with E-state index in [9.17, 15) is 4.79 Å². The van der Waals surface area contributed by atoms with Gasteiger partial charge in [0, 0.05) is 11.7 Å². The van der Waals surface area contributed by atoms with E-state index in [0.717, 1.165) is 11.6 Å². The molecular weight excluding hydrogens is 248 g/mol. The molecule has 0 saturated heterocycles. The molecule has 2 rings (SSSR count). The van der Waals surface area contributed by atoms with Crippen molar-refractivity contribution < 1.29 is 4.79 Å². The number of carbonyl (C=O) groups is 1. The van der Waals surface area contributed by atoms with Gasteiger partial charge in [-0.05, 0) is 37.8 Å². The SMILES string of the molecule is CCC1CCCC(NC(C)C(=O)Nc2ccccc2)C1. The molecule has 3 heteroatoms. The normalized spacial score (nSPS) is 24.1. The van der Waals surface area contributed by atoms with Crippen LogP contribution in [0.3, 0.4) is 0 Å². The predicted octanol–water partition coefficient (Wildman–Crippen LogP) is 3.57. The van der Waals surface area contributed by atoms with Gasteiger partial charge in [-0.2, -0.15) is 0 Å². The van der Waals surface area contributed by atoms with Crippen molar-refractivity contribution in [1.82, 2.24) is 5.32 Å². The number of carbonyl (C=O) groups excluding carboxylic acids is 1. The van der Waals surface area contributed by atoms with Gasteiger partial charge in [0.25, 0.3) is 0 Å². The molecule has 1 aromatic carbocycles. The standard InChI is InChI=1S/C17H26N2O/c1-3-14-8-7-11-16(12-14)18-13(2)17(20)19-15-9-5-4-6-10-15/h4-6,9-10,13-14,16,18H,3,7-8,11-12H2,1-2H3,(H,19,20). The molecule has 3 unspecified atom stereocenters. The molecule has 0 radical (unpaired) electrons. The molecule has 1 saturated carbocycles. The lowest BCUT2D eigenvalue weighted by atomic mass is 9.84. The Balaban J connectivity index is 1.81. The summed E-state index contributed by atoms with van der Waals surface area (Å²) in [4.78, 5) is 12.2. The molecule has 3 nitrogen and oxygen atoms in total. The summed E-state index contributed by atoms with van der Waals surface area (Å²) in [6.45, 7) is 4.21. The molecule has 2 N–H and O–H groups in total. The van der Waals surface area contributed by atoms with Gasteiger partial charge >= 0.3 is 0 Å². The van der Waals surface area contributed by atoms with Crippen molar-refractivity contribution in [2.45, 2.75) is 58.0 Å². The average molecular weight is 274 g/mol. The molecule has 1 aromatic rings. The molecule has 1 amide bonds. The molecule has 0 heterocycles. The zero-order valence-electron chi connectivity index (χ0n) is 12.6. The Kier molecular flexibility index (Phi) is 5.60. The van der Waals surface area contributed by atoms with Gasteiger partial charge in [-0.1, -0.05) is 44.4 Å². The fourth-order valence-electron chi connectivity index (χ4n) is 3.01. The van der Waals surface area contributed by atoms with Crippen molar-refractivity contribution >= 4 is 11.6 Å². The summed E-state index contributed by atoms with van der Waals surface area (Å²) in [6.07, 6.45) is 6.28. The quantitative estimate of drug-likeness (QED) is 0.861. The monoisotopic (exact) mass is 274 g/mol. The Bertz CT molecular complexity index is 418. The van der Waals surface area contributed by atoms with Crippen LogP contribution in [0.1, 0.15) is 46.0 Å². The number of rotatable bonds is 5. The van der Waals surface area contributed by atoms with E-state index in [0.29, 0.717) is 6.04 Å². The summed E-state index contributed by atoms with van der Waals surface area (Å²) in [7, 11) is 0.